The maximum absolute atomic E-state index is 11.9. The van der Waals surface area contributed by atoms with Crippen molar-refractivity contribution < 1.29 is 9.53 Å². The highest BCUT2D eigenvalue weighted by molar-refractivity contribution is 6.30. The Kier molecular flexibility index (Phi) is 6.18. The van der Waals surface area contributed by atoms with Gasteiger partial charge in [0.25, 0.3) is 0 Å². The largest absolute Gasteiger partial charge is 0.494 e. The van der Waals surface area contributed by atoms with E-state index < -0.39 is 0 Å². The highest BCUT2D eigenvalue weighted by Gasteiger charge is 2.04. The lowest BCUT2D eigenvalue weighted by Gasteiger charge is -2.05. The van der Waals surface area contributed by atoms with E-state index in [4.69, 9.17) is 16.3 Å². The van der Waals surface area contributed by atoms with Gasteiger partial charge in [0.2, 0.25) is 5.91 Å². The van der Waals surface area contributed by atoms with Crippen molar-refractivity contribution in [2.24, 2.45) is 5.10 Å². The second kappa shape index (κ2) is 8.34. The molecule has 4 nitrogen and oxygen atoms in total. The molecule has 23 heavy (non-hydrogen) atoms. The fourth-order valence-electron chi connectivity index (χ4n) is 2.00. The third kappa shape index (κ3) is 5.42. The lowest BCUT2D eigenvalue weighted by atomic mass is 10.1. The van der Waals surface area contributed by atoms with Gasteiger partial charge < -0.3 is 4.74 Å². The van der Waals surface area contributed by atoms with E-state index in [2.05, 4.69) is 10.5 Å². The number of hydrogen-bond acceptors (Lipinski definition) is 3. The summed E-state index contributed by atoms with van der Waals surface area (Å²) in [4.78, 5) is 11.9. The molecule has 5 heteroatoms. The van der Waals surface area contributed by atoms with Crippen LogP contribution in [0.2, 0.25) is 5.02 Å². The summed E-state index contributed by atoms with van der Waals surface area (Å²) in [5.74, 6) is 0.635. The van der Waals surface area contributed by atoms with E-state index in [1.165, 1.54) is 0 Å². The van der Waals surface area contributed by atoms with Crippen LogP contribution in [0, 0.1) is 0 Å². The minimum Gasteiger partial charge on any atom is -0.494 e. The first-order chi connectivity index (χ1) is 11.1. The van der Waals surface area contributed by atoms with Crippen LogP contribution in [0.5, 0.6) is 5.75 Å². The van der Waals surface area contributed by atoms with Gasteiger partial charge in [-0.3, -0.25) is 4.79 Å². The Morgan fingerprint density at radius 2 is 1.78 bits per heavy atom. The SMILES string of the molecule is CCOc1ccc(CC(=O)N/N=C(/C)c2ccc(Cl)cc2)cc1. The first-order valence-electron chi connectivity index (χ1n) is 7.39. The highest BCUT2D eigenvalue weighted by atomic mass is 35.5. The van der Waals surface area contributed by atoms with Crippen LogP contribution in [-0.4, -0.2) is 18.2 Å². The number of benzene rings is 2. The van der Waals surface area contributed by atoms with Gasteiger partial charge in [-0.15, -0.1) is 0 Å². The summed E-state index contributed by atoms with van der Waals surface area (Å²) >= 11 is 5.85. The van der Waals surface area contributed by atoms with Crippen LogP contribution in [0.3, 0.4) is 0 Å². The van der Waals surface area contributed by atoms with Gasteiger partial charge in [-0.25, -0.2) is 5.43 Å². The number of nitrogens with zero attached hydrogens (tertiary/aromatic N) is 1. The molecule has 0 atom stereocenters. The number of hydrazone groups is 1. The molecule has 1 N–H and O–H groups in total. The van der Waals surface area contributed by atoms with Gasteiger partial charge >= 0.3 is 0 Å². The third-order valence-corrected chi connectivity index (χ3v) is 3.46. The number of hydrogen-bond donors (Lipinski definition) is 1. The van der Waals surface area contributed by atoms with Gasteiger partial charge in [0.1, 0.15) is 5.75 Å². The lowest BCUT2D eigenvalue weighted by Crippen LogP contribution is -2.21. The molecule has 0 radical (unpaired) electrons. The van der Waals surface area contributed by atoms with Gasteiger partial charge in [-0.1, -0.05) is 35.9 Å². The summed E-state index contributed by atoms with van der Waals surface area (Å²) in [6.07, 6.45) is 0.268. The molecule has 120 valence electrons. The number of ether oxygens (including phenoxy) is 1. The zero-order chi connectivity index (χ0) is 16.7. The molecule has 0 saturated heterocycles. The normalized spacial score (nSPS) is 11.2. The molecule has 0 aliphatic rings. The first-order valence-corrected chi connectivity index (χ1v) is 7.77. The minimum absolute atomic E-state index is 0.164. The predicted molar refractivity (Wildman–Crippen MR) is 93.1 cm³/mol. The second-order valence-electron chi connectivity index (χ2n) is 4.99. The van der Waals surface area contributed by atoms with E-state index >= 15 is 0 Å². The third-order valence-electron chi connectivity index (χ3n) is 3.21. The lowest BCUT2D eigenvalue weighted by molar-refractivity contribution is -0.120. The summed E-state index contributed by atoms with van der Waals surface area (Å²) in [5, 5.41) is 4.78. The smallest absolute Gasteiger partial charge is 0.244 e. The number of halogens is 1. The van der Waals surface area contributed by atoms with Crippen molar-refractivity contribution in [1.82, 2.24) is 5.43 Å². The maximum Gasteiger partial charge on any atom is 0.244 e. The Hall–Kier alpha value is -2.33. The Morgan fingerprint density at radius 1 is 1.13 bits per heavy atom. The fraction of sp³-hybridized carbons (Fsp3) is 0.222. The van der Waals surface area contributed by atoms with Crippen LogP contribution >= 0.6 is 11.6 Å². The molecular weight excluding hydrogens is 312 g/mol. The second-order valence-corrected chi connectivity index (χ2v) is 5.43. The summed E-state index contributed by atoms with van der Waals surface area (Å²) in [6.45, 7) is 4.39. The van der Waals surface area contributed by atoms with E-state index in [-0.39, 0.29) is 12.3 Å². The van der Waals surface area contributed by atoms with Crippen molar-refractivity contribution in [3.05, 3.63) is 64.7 Å². The van der Waals surface area contributed by atoms with Gasteiger partial charge in [0.05, 0.1) is 18.7 Å². The molecule has 0 bridgehead atoms. The first kappa shape index (κ1) is 17.0. The zero-order valence-electron chi connectivity index (χ0n) is 13.2. The summed E-state index contributed by atoms with van der Waals surface area (Å²) < 4.78 is 5.37. The Bertz CT molecular complexity index is 679. The molecule has 0 aliphatic heterocycles. The number of nitrogens with one attached hydrogen (secondary N) is 1. The van der Waals surface area contributed by atoms with Gasteiger partial charge in [-0.05, 0) is 49.2 Å². The van der Waals surface area contributed by atoms with Crippen molar-refractivity contribution in [2.45, 2.75) is 20.3 Å². The van der Waals surface area contributed by atoms with E-state index in [0.717, 1.165) is 22.6 Å². The number of rotatable bonds is 6. The van der Waals surface area contributed by atoms with E-state index in [9.17, 15) is 4.79 Å². The monoisotopic (exact) mass is 330 g/mol. The zero-order valence-corrected chi connectivity index (χ0v) is 13.9. The van der Waals surface area contributed by atoms with Crippen molar-refractivity contribution in [3.8, 4) is 5.75 Å². The van der Waals surface area contributed by atoms with Crippen LogP contribution in [0.15, 0.2) is 53.6 Å². The molecule has 0 aliphatic carbocycles. The molecular formula is C18H19ClN2O2. The van der Waals surface area contributed by atoms with E-state index in [1.807, 2.05) is 50.2 Å². The Labute approximate surface area is 141 Å². The molecule has 0 heterocycles. The summed E-state index contributed by atoms with van der Waals surface area (Å²) in [6, 6.07) is 14.8. The summed E-state index contributed by atoms with van der Waals surface area (Å²) in [7, 11) is 0. The van der Waals surface area contributed by atoms with Crippen LogP contribution in [-0.2, 0) is 11.2 Å². The molecule has 2 aromatic rings. The fourth-order valence-corrected chi connectivity index (χ4v) is 2.12. The molecule has 0 fully saturated rings. The van der Waals surface area contributed by atoms with Crippen molar-refractivity contribution >= 4 is 23.2 Å². The quantitative estimate of drug-likeness (QED) is 0.646. The molecule has 2 aromatic carbocycles. The van der Waals surface area contributed by atoms with Gasteiger partial charge in [0, 0.05) is 5.02 Å². The topological polar surface area (TPSA) is 50.7 Å². The Morgan fingerprint density at radius 3 is 2.39 bits per heavy atom. The average molecular weight is 331 g/mol. The molecule has 0 unspecified atom stereocenters. The van der Waals surface area contributed by atoms with Crippen LogP contribution in [0.1, 0.15) is 25.0 Å². The van der Waals surface area contributed by atoms with Crippen LogP contribution in [0.25, 0.3) is 0 Å². The molecule has 1 amide bonds. The van der Waals surface area contributed by atoms with E-state index in [0.29, 0.717) is 11.6 Å². The van der Waals surface area contributed by atoms with Crippen LogP contribution < -0.4 is 10.2 Å². The van der Waals surface area contributed by atoms with Crippen molar-refractivity contribution in [2.75, 3.05) is 6.61 Å². The van der Waals surface area contributed by atoms with Gasteiger partial charge in [0.15, 0.2) is 0 Å². The minimum atomic E-state index is -0.164. The molecule has 0 aromatic heterocycles. The maximum atomic E-state index is 11.9. The average Bonchev–Trinajstić information content (AvgIpc) is 2.55. The van der Waals surface area contributed by atoms with Crippen molar-refractivity contribution in [3.63, 3.8) is 0 Å². The number of amides is 1. The predicted octanol–water partition coefficient (Wildman–Crippen LogP) is 3.82. The molecule has 0 saturated carbocycles. The number of carbonyl (C=O) groups is 1. The molecule has 0 spiro atoms. The van der Waals surface area contributed by atoms with Crippen LogP contribution in [0.4, 0.5) is 0 Å². The molecule has 2 rings (SSSR count). The highest BCUT2D eigenvalue weighted by Crippen LogP contribution is 2.12. The summed E-state index contributed by atoms with van der Waals surface area (Å²) in [5.41, 5.74) is 5.11. The number of carbonyl (C=O) groups excluding carboxylic acids is 1. The van der Waals surface area contributed by atoms with Crippen molar-refractivity contribution in [1.29, 1.82) is 0 Å². The standard InChI is InChI=1S/C18H19ClN2O2/c1-3-23-17-10-4-14(5-11-17)12-18(22)21-20-13(2)15-6-8-16(19)9-7-15/h4-11H,3,12H2,1-2H3,(H,21,22)/b20-13-. The van der Waals surface area contributed by atoms with Gasteiger partial charge in [-0.2, -0.15) is 5.10 Å². The Balaban J connectivity index is 1.91. The van der Waals surface area contributed by atoms with E-state index in [1.54, 1.807) is 12.1 Å².